The summed E-state index contributed by atoms with van der Waals surface area (Å²) in [6, 6.07) is 18.1. The van der Waals surface area contributed by atoms with Crippen molar-refractivity contribution in [3.63, 3.8) is 0 Å². The maximum absolute atomic E-state index is 13.3. The van der Waals surface area contributed by atoms with Gasteiger partial charge < -0.3 is 10.0 Å². The lowest BCUT2D eigenvalue weighted by Crippen LogP contribution is -2.31. The Morgan fingerprint density at radius 2 is 1.81 bits per heavy atom. The molecule has 2 aromatic carbocycles. The molecule has 31 heavy (non-hydrogen) atoms. The summed E-state index contributed by atoms with van der Waals surface area (Å²) in [5.74, 6) is 0.244. The number of anilines is 2. The van der Waals surface area contributed by atoms with Crippen molar-refractivity contribution >= 4 is 21.5 Å². The Bertz CT molecular complexity index is 1120. The van der Waals surface area contributed by atoms with Crippen LogP contribution in [-0.2, 0) is 10.0 Å². The van der Waals surface area contributed by atoms with Crippen molar-refractivity contribution in [2.45, 2.75) is 30.4 Å². The van der Waals surface area contributed by atoms with Gasteiger partial charge in [0.2, 0.25) is 0 Å². The van der Waals surface area contributed by atoms with Crippen LogP contribution in [0.4, 0.5) is 15.9 Å². The smallest absolute Gasteiger partial charge is 0.265 e. The van der Waals surface area contributed by atoms with Crippen molar-refractivity contribution in [3.05, 3.63) is 84.3 Å². The molecular formula is C23H24FN3O3S. The minimum absolute atomic E-state index is 0.0973. The van der Waals surface area contributed by atoms with Gasteiger partial charge in [0.25, 0.3) is 10.0 Å². The van der Waals surface area contributed by atoms with E-state index in [0.29, 0.717) is 31.0 Å². The molecule has 1 aromatic heterocycles. The Kier molecular flexibility index (Phi) is 5.93. The summed E-state index contributed by atoms with van der Waals surface area (Å²) in [5, 5.41) is 10.2. The number of hydrogen-bond donors (Lipinski definition) is 1. The largest absolute Gasteiger partial charge is 0.391 e. The van der Waals surface area contributed by atoms with E-state index < -0.39 is 16.1 Å². The molecule has 1 aliphatic rings. The Morgan fingerprint density at radius 3 is 2.42 bits per heavy atom. The predicted molar refractivity (Wildman–Crippen MR) is 118 cm³/mol. The third-order valence-electron chi connectivity index (χ3n) is 5.47. The van der Waals surface area contributed by atoms with E-state index in [-0.39, 0.29) is 16.8 Å². The van der Waals surface area contributed by atoms with Crippen LogP contribution in [0.5, 0.6) is 0 Å². The number of para-hydroxylation sites is 1. The molecule has 0 bridgehead atoms. The van der Waals surface area contributed by atoms with Gasteiger partial charge in [-0.1, -0.05) is 30.3 Å². The lowest BCUT2D eigenvalue weighted by molar-refractivity contribution is 0.194. The summed E-state index contributed by atoms with van der Waals surface area (Å²) in [5.41, 5.74) is 1.46. The van der Waals surface area contributed by atoms with Gasteiger partial charge in [-0.15, -0.1) is 0 Å². The first-order chi connectivity index (χ1) is 14.9. The Balaban J connectivity index is 1.62. The minimum Gasteiger partial charge on any atom is -0.391 e. The van der Waals surface area contributed by atoms with Crippen LogP contribution in [-0.4, -0.2) is 37.7 Å². The van der Waals surface area contributed by atoms with Crippen LogP contribution in [0.2, 0.25) is 0 Å². The van der Waals surface area contributed by atoms with Gasteiger partial charge in [0.1, 0.15) is 16.5 Å². The number of aromatic nitrogens is 1. The SMILES string of the molecule is CCN(c1ccccc1)S(=O)(=O)c1ccc(N2C[C@H](O)C[C@@H]2c2ccc(F)cc2)nc1. The van der Waals surface area contributed by atoms with Crippen molar-refractivity contribution in [2.75, 3.05) is 22.3 Å². The van der Waals surface area contributed by atoms with Gasteiger partial charge in [-0.2, -0.15) is 0 Å². The van der Waals surface area contributed by atoms with Crippen LogP contribution in [0, 0.1) is 5.82 Å². The standard InChI is InChI=1S/C23H24FN3O3S/c1-2-27(19-6-4-3-5-7-19)31(29,30)21-12-13-23(25-15-21)26-16-20(28)14-22(26)17-8-10-18(24)11-9-17/h3-13,15,20,22,28H,2,14,16H2,1H3/t20-,22-/m1/s1. The summed E-state index contributed by atoms with van der Waals surface area (Å²) < 4.78 is 41.0. The molecule has 2 atom stereocenters. The molecule has 1 N–H and O–H groups in total. The maximum atomic E-state index is 13.3. The molecule has 0 radical (unpaired) electrons. The quantitative estimate of drug-likeness (QED) is 0.631. The van der Waals surface area contributed by atoms with Crippen molar-refractivity contribution in [1.29, 1.82) is 0 Å². The molecule has 1 saturated heterocycles. The van der Waals surface area contributed by atoms with Crippen LogP contribution in [0.25, 0.3) is 0 Å². The molecule has 162 valence electrons. The van der Waals surface area contributed by atoms with Gasteiger partial charge in [0.15, 0.2) is 0 Å². The molecule has 3 aromatic rings. The van der Waals surface area contributed by atoms with Crippen molar-refractivity contribution in [2.24, 2.45) is 0 Å². The van der Waals surface area contributed by atoms with Crippen LogP contribution in [0.1, 0.15) is 24.9 Å². The number of hydrogen-bond acceptors (Lipinski definition) is 5. The van der Waals surface area contributed by atoms with Gasteiger partial charge in [-0.05, 0) is 55.3 Å². The molecule has 2 heterocycles. The molecule has 0 aliphatic carbocycles. The molecule has 0 unspecified atom stereocenters. The number of rotatable bonds is 6. The third kappa shape index (κ3) is 4.26. The topological polar surface area (TPSA) is 73.7 Å². The summed E-state index contributed by atoms with van der Waals surface area (Å²) in [7, 11) is -3.76. The van der Waals surface area contributed by atoms with Crippen molar-refractivity contribution in [3.8, 4) is 0 Å². The number of nitrogens with zero attached hydrogens (tertiary/aromatic N) is 3. The lowest BCUT2D eigenvalue weighted by Gasteiger charge is -2.26. The van der Waals surface area contributed by atoms with Gasteiger partial charge in [-0.25, -0.2) is 17.8 Å². The fourth-order valence-corrected chi connectivity index (χ4v) is 5.40. The van der Waals surface area contributed by atoms with E-state index in [4.69, 9.17) is 0 Å². The predicted octanol–water partition coefficient (Wildman–Crippen LogP) is 3.75. The van der Waals surface area contributed by atoms with E-state index in [1.54, 1.807) is 49.4 Å². The highest BCUT2D eigenvalue weighted by molar-refractivity contribution is 7.92. The second-order valence-corrected chi connectivity index (χ2v) is 9.33. The average Bonchev–Trinajstić information content (AvgIpc) is 3.17. The van der Waals surface area contributed by atoms with Gasteiger partial charge in [0, 0.05) is 19.3 Å². The maximum Gasteiger partial charge on any atom is 0.265 e. The number of aliphatic hydroxyl groups excluding tert-OH is 1. The first-order valence-corrected chi connectivity index (χ1v) is 11.6. The highest BCUT2D eigenvalue weighted by Crippen LogP contribution is 2.36. The number of aliphatic hydroxyl groups is 1. The molecule has 0 spiro atoms. The number of pyridine rings is 1. The molecular weight excluding hydrogens is 417 g/mol. The van der Waals surface area contributed by atoms with Crippen LogP contribution < -0.4 is 9.21 Å². The summed E-state index contributed by atoms with van der Waals surface area (Å²) in [4.78, 5) is 6.42. The van der Waals surface area contributed by atoms with E-state index in [2.05, 4.69) is 4.98 Å². The average molecular weight is 442 g/mol. The zero-order valence-electron chi connectivity index (χ0n) is 17.1. The fraction of sp³-hybridized carbons (Fsp3) is 0.261. The van der Waals surface area contributed by atoms with Crippen LogP contribution >= 0.6 is 0 Å². The zero-order chi connectivity index (χ0) is 22.0. The molecule has 1 fully saturated rings. The van der Waals surface area contributed by atoms with Gasteiger partial charge in [0.05, 0.1) is 17.8 Å². The normalized spacial score (nSPS) is 18.9. The molecule has 8 heteroatoms. The van der Waals surface area contributed by atoms with E-state index >= 15 is 0 Å². The number of β-amino-alcohol motifs (C(OH)–C–C–N with tert-alkyl or cyclic N) is 1. The van der Waals surface area contributed by atoms with E-state index in [1.165, 1.54) is 28.7 Å². The van der Waals surface area contributed by atoms with E-state index in [9.17, 15) is 17.9 Å². The third-order valence-corrected chi connectivity index (χ3v) is 7.35. The van der Waals surface area contributed by atoms with Crippen LogP contribution in [0.3, 0.4) is 0 Å². The highest BCUT2D eigenvalue weighted by atomic mass is 32.2. The van der Waals surface area contributed by atoms with Gasteiger partial charge >= 0.3 is 0 Å². The number of halogens is 1. The molecule has 1 aliphatic heterocycles. The minimum atomic E-state index is -3.76. The van der Waals surface area contributed by atoms with Gasteiger partial charge in [-0.3, -0.25) is 4.31 Å². The second kappa shape index (κ2) is 8.64. The molecule has 0 saturated carbocycles. The zero-order valence-corrected chi connectivity index (χ0v) is 17.9. The second-order valence-electron chi connectivity index (χ2n) is 7.47. The Labute approximate surface area is 181 Å². The number of sulfonamides is 1. The fourth-order valence-electron chi connectivity index (χ4n) is 3.98. The first kappa shape index (κ1) is 21.3. The molecule has 4 rings (SSSR count). The highest BCUT2D eigenvalue weighted by Gasteiger charge is 2.33. The number of benzene rings is 2. The molecule has 0 amide bonds. The summed E-state index contributed by atoms with van der Waals surface area (Å²) in [6.07, 6.45) is 1.29. The van der Waals surface area contributed by atoms with E-state index in [1.807, 2.05) is 11.0 Å². The van der Waals surface area contributed by atoms with E-state index in [0.717, 1.165) is 5.56 Å². The first-order valence-electron chi connectivity index (χ1n) is 10.1. The molecule has 6 nitrogen and oxygen atoms in total. The Morgan fingerprint density at radius 1 is 1.10 bits per heavy atom. The monoisotopic (exact) mass is 441 g/mol. The van der Waals surface area contributed by atoms with Crippen molar-refractivity contribution < 1.29 is 17.9 Å². The summed E-state index contributed by atoms with van der Waals surface area (Å²) in [6.45, 7) is 2.44. The van der Waals surface area contributed by atoms with Crippen molar-refractivity contribution in [1.82, 2.24) is 4.98 Å². The Hall–Kier alpha value is -2.97. The summed E-state index contributed by atoms with van der Waals surface area (Å²) >= 11 is 0. The lowest BCUT2D eigenvalue weighted by atomic mass is 10.0. The van der Waals surface area contributed by atoms with Crippen LogP contribution in [0.15, 0.2) is 77.8 Å².